The lowest BCUT2D eigenvalue weighted by molar-refractivity contribution is 0.230. The molecule has 2 nitrogen and oxygen atoms in total. The third-order valence-electron chi connectivity index (χ3n) is 1.64. The van der Waals surface area contributed by atoms with Crippen LogP contribution in [0.3, 0.4) is 0 Å². The summed E-state index contributed by atoms with van der Waals surface area (Å²) in [6.45, 7) is 1.92. The molecule has 0 radical (unpaired) electrons. The monoisotopic (exact) mass is 229 g/mol. The minimum atomic E-state index is -0.00586. The first-order valence-electron chi connectivity index (χ1n) is 4.28. The molecule has 0 spiro atoms. The van der Waals surface area contributed by atoms with E-state index < -0.39 is 0 Å². The van der Waals surface area contributed by atoms with Gasteiger partial charge >= 0.3 is 0 Å². The SMILES string of the molecule is CC(CC(N)=S)Oc1ccc(Cl)cc1. The number of thiocarbonyl (C=S) groups is 1. The third kappa shape index (κ3) is 3.94. The molecule has 0 aliphatic carbocycles. The summed E-state index contributed by atoms with van der Waals surface area (Å²) in [6, 6.07) is 7.20. The normalized spacial score (nSPS) is 12.1. The van der Waals surface area contributed by atoms with Crippen LogP contribution in [0.4, 0.5) is 0 Å². The second-order valence-corrected chi connectivity index (χ2v) is 4.01. The lowest BCUT2D eigenvalue weighted by Gasteiger charge is -2.13. The van der Waals surface area contributed by atoms with Gasteiger partial charge in [0.2, 0.25) is 0 Å². The van der Waals surface area contributed by atoms with E-state index in [0.29, 0.717) is 16.4 Å². The van der Waals surface area contributed by atoms with Gasteiger partial charge in [-0.05, 0) is 31.2 Å². The fourth-order valence-electron chi connectivity index (χ4n) is 1.07. The molecule has 0 fully saturated rings. The van der Waals surface area contributed by atoms with Crippen LogP contribution in [0.5, 0.6) is 5.75 Å². The highest BCUT2D eigenvalue weighted by Crippen LogP contribution is 2.17. The van der Waals surface area contributed by atoms with Crippen molar-refractivity contribution < 1.29 is 4.74 Å². The van der Waals surface area contributed by atoms with Crippen molar-refractivity contribution in [3.05, 3.63) is 29.3 Å². The highest BCUT2D eigenvalue weighted by molar-refractivity contribution is 7.80. The Balaban J connectivity index is 2.51. The predicted octanol–water partition coefficient (Wildman–Crippen LogP) is 2.78. The van der Waals surface area contributed by atoms with Crippen LogP contribution >= 0.6 is 23.8 Å². The van der Waals surface area contributed by atoms with Crippen molar-refractivity contribution >= 4 is 28.8 Å². The van der Waals surface area contributed by atoms with Crippen molar-refractivity contribution in [2.45, 2.75) is 19.4 Å². The maximum atomic E-state index is 5.74. The Morgan fingerprint density at radius 1 is 1.50 bits per heavy atom. The standard InChI is InChI=1S/C10H12ClNOS/c1-7(6-10(12)14)13-9-4-2-8(11)3-5-9/h2-5,7H,6H2,1H3,(H2,12,14). The largest absolute Gasteiger partial charge is 0.490 e. The minimum absolute atomic E-state index is 0.00586. The number of hydrogen-bond donors (Lipinski definition) is 1. The van der Waals surface area contributed by atoms with Crippen molar-refractivity contribution in [3.8, 4) is 5.75 Å². The number of hydrogen-bond acceptors (Lipinski definition) is 2. The molecule has 4 heteroatoms. The van der Waals surface area contributed by atoms with Crippen LogP contribution in [0, 0.1) is 0 Å². The number of ether oxygens (including phenoxy) is 1. The molecule has 1 rings (SSSR count). The van der Waals surface area contributed by atoms with E-state index in [2.05, 4.69) is 0 Å². The van der Waals surface area contributed by atoms with Crippen LogP contribution in [0.2, 0.25) is 5.02 Å². The second kappa shape index (κ2) is 5.17. The van der Waals surface area contributed by atoms with E-state index in [0.717, 1.165) is 5.75 Å². The molecule has 0 aromatic heterocycles. The van der Waals surface area contributed by atoms with Gasteiger partial charge in [0, 0.05) is 11.4 Å². The first-order chi connectivity index (χ1) is 6.58. The predicted molar refractivity (Wildman–Crippen MR) is 62.9 cm³/mol. The van der Waals surface area contributed by atoms with Crippen molar-refractivity contribution in [2.75, 3.05) is 0 Å². The molecule has 76 valence electrons. The fourth-order valence-corrected chi connectivity index (χ4v) is 1.43. The molecule has 0 aliphatic rings. The van der Waals surface area contributed by atoms with Crippen LogP contribution in [-0.2, 0) is 0 Å². The Morgan fingerprint density at radius 2 is 2.07 bits per heavy atom. The van der Waals surface area contributed by atoms with Crippen LogP contribution in [-0.4, -0.2) is 11.1 Å². The summed E-state index contributed by atoms with van der Waals surface area (Å²) in [6.07, 6.45) is 0.575. The van der Waals surface area contributed by atoms with E-state index in [1.54, 1.807) is 12.1 Å². The highest BCUT2D eigenvalue weighted by Gasteiger charge is 2.04. The molecule has 0 saturated carbocycles. The quantitative estimate of drug-likeness (QED) is 0.807. The van der Waals surface area contributed by atoms with Crippen LogP contribution in [0.1, 0.15) is 13.3 Å². The zero-order valence-corrected chi connectivity index (χ0v) is 9.44. The number of nitrogens with two attached hydrogens (primary N) is 1. The van der Waals surface area contributed by atoms with Gasteiger partial charge in [0.15, 0.2) is 0 Å². The number of halogens is 1. The summed E-state index contributed by atoms with van der Waals surface area (Å²) >= 11 is 10.5. The van der Waals surface area contributed by atoms with Crippen molar-refractivity contribution in [1.82, 2.24) is 0 Å². The summed E-state index contributed by atoms with van der Waals surface area (Å²) in [5.74, 6) is 0.776. The molecule has 14 heavy (non-hydrogen) atoms. The molecule has 0 aliphatic heterocycles. The molecular weight excluding hydrogens is 218 g/mol. The van der Waals surface area contributed by atoms with Gasteiger partial charge in [-0.15, -0.1) is 0 Å². The first-order valence-corrected chi connectivity index (χ1v) is 5.07. The van der Waals surface area contributed by atoms with E-state index in [9.17, 15) is 0 Å². The summed E-state index contributed by atoms with van der Waals surface area (Å²) in [4.78, 5) is 0.464. The van der Waals surface area contributed by atoms with Crippen LogP contribution < -0.4 is 10.5 Å². The van der Waals surface area contributed by atoms with Gasteiger partial charge < -0.3 is 10.5 Å². The second-order valence-electron chi connectivity index (χ2n) is 3.05. The minimum Gasteiger partial charge on any atom is -0.490 e. The molecule has 1 atom stereocenters. The van der Waals surface area contributed by atoms with E-state index in [1.807, 2.05) is 19.1 Å². The van der Waals surface area contributed by atoms with Crippen LogP contribution in [0.25, 0.3) is 0 Å². The topological polar surface area (TPSA) is 35.2 Å². The van der Waals surface area contributed by atoms with Crippen LogP contribution in [0.15, 0.2) is 24.3 Å². The molecule has 1 aromatic carbocycles. The van der Waals surface area contributed by atoms with Gasteiger partial charge in [0.05, 0.1) is 4.99 Å². The zero-order chi connectivity index (χ0) is 10.6. The zero-order valence-electron chi connectivity index (χ0n) is 7.87. The average molecular weight is 230 g/mol. The summed E-state index contributed by atoms with van der Waals surface area (Å²) in [5.41, 5.74) is 5.40. The average Bonchev–Trinajstić information content (AvgIpc) is 2.07. The lowest BCUT2D eigenvalue weighted by atomic mass is 10.3. The van der Waals surface area contributed by atoms with E-state index >= 15 is 0 Å². The molecule has 0 heterocycles. The van der Waals surface area contributed by atoms with Gasteiger partial charge in [0.1, 0.15) is 11.9 Å². The summed E-state index contributed by atoms with van der Waals surface area (Å²) < 4.78 is 5.55. The first kappa shape index (κ1) is 11.3. The van der Waals surface area contributed by atoms with Crippen molar-refractivity contribution in [1.29, 1.82) is 0 Å². The molecular formula is C10H12ClNOS. The Labute approximate surface area is 94.0 Å². The van der Waals surface area contributed by atoms with Gasteiger partial charge in [-0.1, -0.05) is 23.8 Å². The Bertz CT molecular complexity index is 312. The van der Waals surface area contributed by atoms with Gasteiger partial charge in [-0.2, -0.15) is 0 Å². The maximum absolute atomic E-state index is 5.74. The Morgan fingerprint density at radius 3 is 2.57 bits per heavy atom. The lowest BCUT2D eigenvalue weighted by Crippen LogP contribution is -2.20. The molecule has 1 unspecified atom stereocenters. The van der Waals surface area contributed by atoms with Gasteiger partial charge in [0.25, 0.3) is 0 Å². The number of rotatable bonds is 4. The number of benzene rings is 1. The highest BCUT2D eigenvalue weighted by atomic mass is 35.5. The smallest absolute Gasteiger partial charge is 0.119 e. The van der Waals surface area contributed by atoms with E-state index in [4.69, 9.17) is 34.3 Å². The van der Waals surface area contributed by atoms with Crippen molar-refractivity contribution in [2.24, 2.45) is 5.73 Å². The Kier molecular flexibility index (Phi) is 4.17. The molecule has 2 N–H and O–H groups in total. The fraction of sp³-hybridized carbons (Fsp3) is 0.300. The van der Waals surface area contributed by atoms with E-state index in [1.165, 1.54) is 0 Å². The van der Waals surface area contributed by atoms with Crippen molar-refractivity contribution in [3.63, 3.8) is 0 Å². The summed E-state index contributed by atoms with van der Waals surface area (Å²) in [5, 5.41) is 0.694. The molecule has 1 aromatic rings. The maximum Gasteiger partial charge on any atom is 0.119 e. The van der Waals surface area contributed by atoms with Gasteiger partial charge in [-0.25, -0.2) is 0 Å². The van der Waals surface area contributed by atoms with E-state index in [-0.39, 0.29) is 6.10 Å². The third-order valence-corrected chi connectivity index (χ3v) is 2.06. The molecule has 0 bridgehead atoms. The summed E-state index contributed by atoms with van der Waals surface area (Å²) in [7, 11) is 0. The van der Waals surface area contributed by atoms with Gasteiger partial charge in [-0.3, -0.25) is 0 Å². The molecule has 0 saturated heterocycles. The molecule has 0 amide bonds. The Hall–Kier alpha value is -0.800.